The Kier molecular flexibility index (Phi) is 6.20. The second-order valence-corrected chi connectivity index (χ2v) is 6.69. The highest BCUT2D eigenvalue weighted by atomic mass is 32.1. The number of rotatable bonds is 7. The minimum atomic E-state index is -0.464. The molecule has 0 fully saturated rings. The molecule has 0 aliphatic carbocycles. The zero-order valence-electron chi connectivity index (χ0n) is 14.7. The van der Waals surface area contributed by atoms with Crippen molar-refractivity contribution in [3.05, 3.63) is 30.0 Å². The lowest BCUT2D eigenvalue weighted by molar-refractivity contribution is 0.0366. The molecule has 0 amide bonds. The van der Waals surface area contributed by atoms with Crippen LogP contribution in [0.3, 0.4) is 0 Å². The second kappa shape index (κ2) is 8.15. The van der Waals surface area contributed by atoms with Gasteiger partial charge in [0.25, 0.3) is 0 Å². The summed E-state index contributed by atoms with van der Waals surface area (Å²) in [6.07, 6.45) is -0.260. The predicted molar refractivity (Wildman–Crippen MR) is 95.0 cm³/mol. The van der Waals surface area contributed by atoms with E-state index in [0.29, 0.717) is 16.7 Å². The Balaban J connectivity index is 2.33. The molecule has 24 heavy (non-hydrogen) atoms. The van der Waals surface area contributed by atoms with E-state index in [-0.39, 0.29) is 17.9 Å². The van der Waals surface area contributed by atoms with Crippen molar-refractivity contribution < 1.29 is 19.0 Å². The molecule has 6 heteroatoms. The topological polar surface area (TPSA) is 57.7 Å². The van der Waals surface area contributed by atoms with Crippen molar-refractivity contribution in [1.82, 2.24) is 4.98 Å². The summed E-state index contributed by atoms with van der Waals surface area (Å²) in [5.74, 6) is 0.338. The van der Waals surface area contributed by atoms with E-state index >= 15 is 0 Å². The molecule has 5 nitrogen and oxygen atoms in total. The highest BCUT2D eigenvalue weighted by Crippen LogP contribution is 2.35. The van der Waals surface area contributed by atoms with Crippen LogP contribution in [0.15, 0.2) is 24.3 Å². The fraction of sp³-hybridized carbons (Fsp3) is 0.444. The molecule has 0 radical (unpaired) electrons. The van der Waals surface area contributed by atoms with Crippen molar-refractivity contribution in [1.29, 1.82) is 0 Å². The van der Waals surface area contributed by atoms with Gasteiger partial charge in [0.2, 0.25) is 10.8 Å². The number of carbonyl (C=O) groups is 1. The number of hydrogen-bond acceptors (Lipinski definition) is 6. The van der Waals surface area contributed by atoms with Crippen LogP contribution in [0.25, 0.3) is 10.6 Å². The molecule has 0 spiro atoms. The Bertz CT molecular complexity index is 677. The summed E-state index contributed by atoms with van der Waals surface area (Å²) < 4.78 is 16.5. The van der Waals surface area contributed by atoms with E-state index < -0.39 is 5.97 Å². The highest BCUT2D eigenvalue weighted by Gasteiger charge is 2.23. The number of nitrogens with zero attached hydrogens (tertiary/aromatic N) is 1. The molecule has 0 N–H and O–H groups in total. The second-order valence-electron chi connectivity index (χ2n) is 5.73. The van der Waals surface area contributed by atoms with E-state index in [9.17, 15) is 4.79 Å². The summed E-state index contributed by atoms with van der Waals surface area (Å²) in [5.41, 5.74) is 1.13. The molecular formula is C18H23NO4S. The number of aromatic nitrogens is 1. The van der Waals surface area contributed by atoms with E-state index in [1.54, 1.807) is 13.8 Å². The van der Waals surface area contributed by atoms with Gasteiger partial charge in [0, 0.05) is 5.56 Å². The monoisotopic (exact) mass is 349 g/mol. The van der Waals surface area contributed by atoms with Gasteiger partial charge >= 0.3 is 5.97 Å². The Labute approximate surface area is 146 Å². The maximum absolute atomic E-state index is 12.3. The smallest absolute Gasteiger partial charge is 0.362 e. The molecule has 130 valence electrons. The molecule has 0 atom stereocenters. The van der Waals surface area contributed by atoms with Gasteiger partial charge in [-0.05, 0) is 58.9 Å². The summed E-state index contributed by atoms with van der Waals surface area (Å²) in [6, 6.07) is 7.60. The summed E-state index contributed by atoms with van der Waals surface area (Å²) in [7, 11) is 0. The number of hydrogen-bond donors (Lipinski definition) is 0. The third-order valence-corrected chi connectivity index (χ3v) is 3.88. The first-order valence-corrected chi connectivity index (χ1v) is 8.84. The van der Waals surface area contributed by atoms with Crippen molar-refractivity contribution in [3.63, 3.8) is 0 Å². The number of ether oxygens (including phenoxy) is 3. The van der Waals surface area contributed by atoms with Crippen LogP contribution < -0.4 is 9.47 Å². The predicted octanol–water partition coefficient (Wildman–Crippen LogP) is 4.56. The van der Waals surface area contributed by atoms with E-state index in [0.717, 1.165) is 11.3 Å². The van der Waals surface area contributed by atoms with Crippen molar-refractivity contribution in [2.75, 3.05) is 6.61 Å². The maximum Gasteiger partial charge on any atom is 0.362 e. The van der Waals surface area contributed by atoms with Gasteiger partial charge in [-0.25, -0.2) is 9.78 Å². The van der Waals surface area contributed by atoms with Gasteiger partial charge in [0.05, 0.1) is 18.8 Å². The van der Waals surface area contributed by atoms with Gasteiger partial charge in [-0.3, -0.25) is 0 Å². The largest absolute Gasteiger partial charge is 0.494 e. The van der Waals surface area contributed by atoms with Gasteiger partial charge < -0.3 is 14.2 Å². The Morgan fingerprint density at radius 1 is 1.12 bits per heavy atom. The van der Waals surface area contributed by atoms with Crippen molar-refractivity contribution in [2.24, 2.45) is 0 Å². The molecule has 0 saturated heterocycles. The lowest BCUT2D eigenvalue weighted by Crippen LogP contribution is -2.14. The normalized spacial score (nSPS) is 11.0. The molecule has 0 aliphatic heterocycles. The van der Waals surface area contributed by atoms with E-state index in [2.05, 4.69) is 4.98 Å². The van der Waals surface area contributed by atoms with Gasteiger partial charge in [-0.1, -0.05) is 11.3 Å². The van der Waals surface area contributed by atoms with E-state index in [4.69, 9.17) is 14.2 Å². The van der Waals surface area contributed by atoms with Gasteiger partial charge in [0.1, 0.15) is 10.8 Å². The van der Waals surface area contributed by atoms with Crippen LogP contribution >= 0.6 is 11.3 Å². The SMILES string of the molecule is CCOc1ccc(-c2nc(C(=O)OC(C)C)c(OC(C)C)s2)cc1. The zero-order valence-corrected chi connectivity index (χ0v) is 15.5. The van der Waals surface area contributed by atoms with Crippen LogP contribution in [0.5, 0.6) is 10.8 Å². The molecule has 2 rings (SSSR count). The lowest BCUT2D eigenvalue weighted by Gasteiger charge is -2.10. The van der Waals surface area contributed by atoms with Crippen LogP contribution in [-0.2, 0) is 4.74 Å². The van der Waals surface area contributed by atoms with Crippen LogP contribution in [0, 0.1) is 0 Å². The summed E-state index contributed by atoms with van der Waals surface area (Å²) in [6.45, 7) is 9.99. The number of benzene rings is 1. The van der Waals surface area contributed by atoms with Crippen LogP contribution in [0.1, 0.15) is 45.1 Å². The Hall–Kier alpha value is -2.08. The number of esters is 1. The van der Waals surface area contributed by atoms with Gasteiger partial charge in [0.15, 0.2) is 0 Å². The first kappa shape index (κ1) is 18.3. The molecule has 1 aromatic heterocycles. The molecule has 1 heterocycles. The van der Waals surface area contributed by atoms with Crippen molar-refractivity contribution >= 4 is 17.3 Å². The average molecular weight is 349 g/mol. The van der Waals surface area contributed by atoms with Crippen molar-refractivity contribution in [3.8, 4) is 21.4 Å². The molecule has 0 aliphatic rings. The fourth-order valence-electron chi connectivity index (χ4n) is 1.98. The molecule has 0 saturated carbocycles. The molecular weight excluding hydrogens is 326 g/mol. The maximum atomic E-state index is 12.3. The Morgan fingerprint density at radius 2 is 1.79 bits per heavy atom. The summed E-state index contributed by atoms with van der Waals surface area (Å²) in [5, 5.41) is 1.20. The average Bonchev–Trinajstić information content (AvgIpc) is 2.91. The zero-order chi connectivity index (χ0) is 17.7. The fourth-order valence-corrected chi connectivity index (χ4v) is 3.02. The van der Waals surface area contributed by atoms with Crippen LogP contribution in [0.2, 0.25) is 0 Å². The minimum absolute atomic E-state index is 0.0516. The summed E-state index contributed by atoms with van der Waals surface area (Å²) in [4.78, 5) is 16.7. The highest BCUT2D eigenvalue weighted by molar-refractivity contribution is 7.17. The molecule has 0 unspecified atom stereocenters. The minimum Gasteiger partial charge on any atom is -0.494 e. The number of carbonyl (C=O) groups excluding carboxylic acids is 1. The lowest BCUT2D eigenvalue weighted by atomic mass is 10.2. The van der Waals surface area contributed by atoms with E-state index in [1.165, 1.54) is 11.3 Å². The first-order valence-electron chi connectivity index (χ1n) is 8.02. The quantitative estimate of drug-likeness (QED) is 0.686. The van der Waals surface area contributed by atoms with Crippen LogP contribution in [-0.4, -0.2) is 29.8 Å². The first-order chi connectivity index (χ1) is 11.4. The molecule has 2 aromatic rings. The Morgan fingerprint density at radius 3 is 2.33 bits per heavy atom. The van der Waals surface area contributed by atoms with E-state index in [1.807, 2.05) is 45.0 Å². The van der Waals surface area contributed by atoms with Gasteiger partial charge in [-0.2, -0.15) is 0 Å². The van der Waals surface area contributed by atoms with Crippen molar-refractivity contribution in [2.45, 2.75) is 46.8 Å². The standard InChI is InChI=1S/C18H23NO4S/c1-6-21-14-9-7-13(8-10-14)16-19-15(17(20)22-11(2)3)18(24-16)23-12(4)5/h7-12H,6H2,1-5H3. The number of thiazole rings is 1. The third kappa shape index (κ3) is 4.71. The third-order valence-electron chi connectivity index (χ3n) is 2.89. The molecule has 1 aromatic carbocycles. The van der Waals surface area contributed by atoms with Gasteiger partial charge in [-0.15, -0.1) is 0 Å². The molecule has 0 bridgehead atoms. The summed E-state index contributed by atoms with van der Waals surface area (Å²) >= 11 is 1.34. The van der Waals surface area contributed by atoms with Crippen LogP contribution in [0.4, 0.5) is 0 Å².